The molecule has 6 nitrogen and oxygen atoms in total. The third kappa shape index (κ3) is 2.86. The van der Waals surface area contributed by atoms with E-state index in [0.717, 1.165) is 0 Å². The van der Waals surface area contributed by atoms with E-state index < -0.39 is 11.6 Å². The van der Waals surface area contributed by atoms with Crippen LogP contribution in [0.2, 0.25) is 0 Å². The van der Waals surface area contributed by atoms with Crippen LogP contribution in [0.3, 0.4) is 0 Å². The van der Waals surface area contributed by atoms with Crippen molar-refractivity contribution < 1.29 is 24.9 Å². The van der Waals surface area contributed by atoms with Gasteiger partial charge < -0.3 is 20.1 Å². The lowest BCUT2D eigenvalue weighted by molar-refractivity contribution is -0.169. The Morgan fingerprint density at radius 1 is 1.40 bits per heavy atom. The SMILES string of the molecule is CC(c1c(O)cccc1O)N1CC(C)(OCC(=O)O)C1. The van der Waals surface area contributed by atoms with E-state index >= 15 is 0 Å². The van der Waals surface area contributed by atoms with Crippen LogP contribution < -0.4 is 0 Å². The summed E-state index contributed by atoms with van der Waals surface area (Å²) in [5.74, 6) is -0.883. The number of likely N-dealkylation sites (tertiary alicyclic amines) is 1. The Labute approximate surface area is 117 Å². The predicted octanol–water partition coefficient (Wildman–Crippen LogP) is 1.33. The summed E-state index contributed by atoms with van der Waals surface area (Å²) in [4.78, 5) is 12.5. The Bertz CT molecular complexity index is 490. The Hall–Kier alpha value is -1.79. The van der Waals surface area contributed by atoms with Crippen molar-refractivity contribution in [2.45, 2.75) is 25.5 Å². The number of carbonyl (C=O) groups is 1. The molecule has 3 N–H and O–H groups in total. The monoisotopic (exact) mass is 281 g/mol. The number of hydrogen-bond acceptors (Lipinski definition) is 5. The molecule has 1 saturated heterocycles. The zero-order valence-electron chi connectivity index (χ0n) is 11.5. The third-order valence-electron chi connectivity index (χ3n) is 3.64. The summed E-state index contributed by atoms with van der Waals surface area (Å²) in [5.41, 5.74) is -0.0140. The first-order chi connectivity index (χ1) is 9.32. The Morgan fingerprint density at radius 3 is 2.45 bits per heavy atom. The molecule has 2 rings (SSSR count). The van der Waals surface area contributed by atoms with Gasteiger partial charge in [0, 0.05) is 19.1 Å². The molecule has 0 amide bonds. The molecule has 1 aromatic carbocycles. The summed E-state index contributed by atoms with van der Waals surface area (Å²) < 4.78 is 5.34. The average Bonchev–Trinajstić information content (AvgIpc) is 2.32. The molecule has 1 unspecified atom stereocenters. The van der Waals surface area contributed by atoms with Crippen LogP contribution in [0.4, 0.5) is 0 Å². The van der Waals surface area contributed by atoms with E-state index in [9.17, 15) is 15.0 Å². The van der Waals surface area contributed by atoms with Gasteiger partial charge in [-0.05, 0) is 26.0 Å². The van der Waals surface area contributed by atoms with Crippen molar-refractivity contribution in [3.05, 3.63) is 23.8 Å². The van der Waals surface area contributed by atoms with Crippen LogP contribution in [0.5, 0.6) is 11.5 Å². The smallest absolute Gasteiger partial charge is 0.329 e. The summed E-state index contributed by atoms with van der Waals surface area (Å²) in [6, 6.07) is 4.48. The lowest BCUT2D eigenvalue weighted by atomic mass is 9.91. The van der Waals surface area contributed by atoms with E-state index in [4.69, 9.17) is 9.84 Å². The van der Waals surface area contributed by atoms with Crippen molar-refractivity contribution in [3.63, 3.8) is 0 Å². The van der Waals surface area contributed by atoms with Crippen molar-refractivity contribution >= 4 is 5.97 Å². The highest BCUT2D eigenvalue weighted by molar-refractivity contribution is 5.68. The van der Waals surface area contributed by atoms with Crippen molar-refractivity contribution in [1.29, 1.82) is 0 Å². The molecule has 1 aromatic rings. The first kappa shape index (κ1) is 14.6. The Balaban J connectivity index is 2.00. The van der Waals surface area contributed by atoms with Crippen molar-refractivity contribution in [3.8, 4) is 11.5 Å². The molecular formula is C14H19NO5. The maximum absolute atomic E-state index is 10.5. The van der Waals surface area contributed by atoms with E-state index in [2.05, 4.69) is 0 Å². The number of carboxylic acid groups (broad SMARTS) is 1. The summed E-state index contributed by atoms with van der Waals surface area (Å²) in [5, 5.41) is 28.3. The van der Waals surface area contributed by atoms with Gasteiger partial charge in [-0.2, -0.15) is 0 Å². The van der Waals surface area contributed by atoms with Crippen LogP contribution in [0.25, 0.3) is 0 Å². The number of ether oxygens (including phenoxy) is 1. The van der Waals surface area contributed by atoms with Crippen LogP contribution >= 0.6 is 0 Å². The maximum atomic E-state index is 10.5. The quantitative estimate of drug-likeness (QED) is 0.754. The van der Waals surface area contributed by atoms with Crippen molar-refractivity contribution in [2.24, 2.45) is 0 Å². The number of aromatic hydroxyl groups is 2. The van der Waals surface area contributed by atoms with Gasteiger partial charge in [-0.15, -0.1) is 0 Å². The highest BCUT2D eigenvalue weighted by atomic mass is 16.5. The fourth-order valence-corrected chi connectivity index (χ4v) is 2.57. The number of rotatable bonds is 5. The van der Waals surface area contributed by atoms with Crippen molar-refractivity contribution in [2.75, 3.05) is 19.7 Å². The minimum Gasteiger partial charge on any atom is -0.507 e. The molecule has 1 atom stereocenters. The van der Waals surface area contributed by atoms with Crippen LogP contribution in [0, 0.1) is 0 Å². The number of phenols is 2. The second kappa shape index (κ2) is 5.30. The predicted molar refractivity (Wildman–Crippen MR) is 71.8 cm³/mol. The van der Waals surface area contributed by atoms with E-state index in [-0.39, 0.29) is 24.1 Å². The van der Waals surface area contributed by atoms with Crippen LogP contribution in [-0.2, 0) is 9.53 Å². The molecular weight excluding hydrogens is 262 g/mol. The second-order valence-corrected chi connectivity index (χ2v) is 5.42. The average molecular weight is 281 g/mol. The van der Waals surface area contributed by atoms with E-state index in [0.29, 0.717) is 18.7 Å². The molecule has 0 aromatic heterocycles. The molecule has 6 heteroatoms. The van der Waals surface area contributed by atoms with Crippen LogP contribution in [-0.4, -0.2) is 51.5 Å². The van der Waals surface area contributed by atoms with Crippen molar-refractivity contribution in [1.82, 2.24) is 4.90 Å². The highest BCUT2D eigenvalue weighted by Gasteiger charge is 2.43. The van der Waals surface area contributed by atoms with Gasteiger partial charge in [0.2, 0.25) is 0 Å². The van der Waals surface area contributed by atoms with Gasteiger partial charge in [0.15, 0.2) is 0 Å². The van der Waals surface area contributed by atoms with Crippen LogP contribution in [0.15, 0.2) is 18.2 Å². The Kier molecular flexibility index (Phi) is 3.87. The van der Waals surface area contributed by atoms with Gasteiger partial charge in [-0.1, -0.05) is 6.07 Å². The molecule has 20 heavy (non-hydrogen) atoms. The van der Waals surface area contributed by atoms with Gasteiger partial charge >= 0.3 is 5.97 Å². The molecule has 0 aliphatic carbocycles. The molecule has 0 spiro atoms. The molecule has 1 aliphatic rings. The molecule has 1 aliphatic heterocycles. The van der Waals surface area contributed by atoms with E-state index in [1.165, 1.54) is 12.1 Å². The topological polar surface area (TPSA) is 90.2 Å². The number of phenolic OH excluding ortho intramolecular Hbond substituents is 2. The Morgan fingerprint density at radius 2 is 1.95 bits per heavy atom. The number of aliphatic carboxylic acids is 1. The molecule has 0 saturated carbocycles. The fraction of sp³-hybridized carbons (Fsp3) is 0.500. The van der Waals surface area contributed by atoms with Gasteiger partial charge in [-0.3, -0.25) is 4.90 Å². The largest absolute Gasteiger partial charge is 0.507 e. The summed E-state index contributed by atoms with van der Waals surface area (Å²) in [6.07, 6.45) is 0. The van der Waals surface area contributed by atoms with Gasteiger partial charge in [0.05, 0.1) is 11.2 Å². The maximum Gasteiger partial charge on any atom is 0.329 e. The fourth-order valence-electron chi connectivity index (χ4n) is 2.57. The lowest BCUT2D eigenvalue weighted by Crippen LogP contribution is -2.62. The normalized spacial score (nSPS) is 19.3. The second-order valence-electron chi connectivity index (χ2n) is 5.42. The zero-order valence-corrected chi connectivity index (χ0v) is 11.5. The van der Waals surface area contributed by atoms with Gasteiger partial charge in [0.1, 0.15) is 18.1 Å². The zero-order chi connectivity index (χ0) is 14.9. The number of carboxylic acids is 1. The summed E-state index contributed by atoms with van der Waals surface area (Å²) in [7, 11) is 0. The number of nitrogens with zero attached hydrogens (tertiary/aromatic N) is 1. The molecule has 1 fully saturated rings. The number of hydrogen-bond donors (Lipinski definition) is 3. The molecule has 0 bridgehead atoms. The van der Waals surface area contributed by atoms with Gasteiger partial charge in [0.25, 0.3) is 0 Å². The van der Waals surface area contributed by atoms with E-state index in [1.807, 2.05) is 18.7 Å². The molecule has 1 heterocycles. The van der Waals surface area contributed by atoms with Crippen LogP contribution in [0.1, 0.15) is 25.5 Å². The molecule has 0 radical (unpaired) electrons. The van der Waals surface area contributed by atoms with Gasteiger partial charge in [-0.25, -0.2) is 4.79 Å². The third-order valence-corrected chi connectivity index (χ3v) is 3.64. The summed E-state index contributed by atoms with van der Waals surface area (Å²) >= 11 is 0. The number of benzene rings is 1. The molecule has 110 valence electrons. The minimum atomic E-state index is -0.990. The standard InChI is InChI=1S/C14H19NO5/c1-9(13-10(16)4-3-5-11(13)17)15-7-14(2,8-15)20-6-12(18)19/h3-5,9,16-17H,6-8H2,1-2H3,(H,18,19). The van der Waals surface area contributed by atoms with E-state index in [1.54, 1.807) is 6.07 Å². The first-order valence-corrected chi connectivity index (χ1v) is 6.43. The highest BCUT2D eigenvalue weighted by Crippen LogP contribution is 2.40. The summed E-state index contributed by atoms with van der Waals surface area (Å²) in [6.45, 7) is 4.51. The lowest BCUT2D eigenvalue weighted by Gasteiger charge is -2.50. The minimum absolute atomic E-state index is 0.0533. The first-order valence-electron chi connectivity index (χ1n) is 6.43.